The summed E-state index contributed by atoms with van der Waals surface area (Å²) < 4.78 is 0. The second-order valence-electron chi connectivity index (χ2n) is 7.11. The molecule has 1 atom stereocenters. The average molecular weight is 346 g/mol. The molecule has 0 radical (unpaired) electrons. The topological polar surface area (TPSA) is 77.0 Å². The summed E-state index contributed by atoms with van der Waals surface area (Å²) in [5, 5.41) is 9.24. The summed E-state index contributed by atoms with van der Waals surface area (Å²) in [6, 6.07) is 5.14. The van der Waals surface area contributed by atoms with Gasteiger partial charge in [0.15, 0.2) is 0 Å². The van der Waals surface area contributed by atoms with E-state index in [0.29, 0.717) is 37.4 Å². The maximum absolute atomic E-state index is 12.9. The molecule has 136 valence electrons. The lowest BCUT2D eigenvalue weighted by molar-refractivity contribution is -0.129. The molecule has 2 fully saturated rings. The first-order valence-corrected chi connectivity index (χ1v) is 8.76. The maximum Gasteiger partial charge on any atom is 0.272 e. The van der Waals surface area contributed by atoms with Crippen molar-refractivity contribution >= 4 is 11.8 Å². The molecule has 3 rings (SSSR count). The van der Waals surface area contributed by atoms with Gasteiger partial charge in [0, 0.05) is 45.2 Å². The zero-order chi connectivity index (χ0) is 18.0. The van der Waals surface area contributed by atoms with Crippen LogP contribution in [0.4, 0.5) is 0 Å². The Morgan fingerprint density at radius 3 is 2.80 bits per heavy atom. The van der Waals surface area contributed by atoms with Gasteiger partial charge >= 0.3 is 0 Å². The molecule has 1 N–H and O–H groups in total. The molecule has 3 heterocycles. The van der Waals surface area contributed by atoms with Gasteiger partial charge in [-0.15, -0.1) is 0 Å². The summed E-state index contributed by atoms with van der Waals surface area (Å²) in [5.41, 5.74) is 0.701. The standard InChI is InChI=1S/C18H26N4O3/c1-20-9-8-18(7-6-16(20)24)13-22(11-10-21(18)2)17(25)15-5-3-4-14(12-23)19-15/h3-5,23H,6-13H2,1-2H3. The Morgan fingerprint density at radius 2 is 2.04 bits per heavy atom. The molecule has 0 aliphatic carbocycles. The molecule has 2 aliphatic heterocycles. The zero-order valence-corrected chi connectivity index (χ0v) is 14.9. The predicted octanol–water partition coefficient (Wildman–Crippen LogP) is 0.343. The van der Waals surface area contributed by atoms with Crippen molar-refractivity contribution in [3.63, 3.8) is 0 Å². The monoisotopic (exact) mass is 346 g/mol. The molecular formula is C18H26N4O3. The second-order valence-corrected chi connectivity index (χ2v) is 7.11. The van der Waals surface area contributed by atoms with Crippen molar-refractivity contribution in [1.82, 2.24) is 19.7 Å². The molecular weight excluding hydrogens is 320 g/mol. The van der Waals surface area contributed by atoms with E-state index in [1.165, 1.54) is 0 Å². The Labute approximate surface area is 148 Å². The highest BCUT2D eigenvalue weighted by atomic mass is 16.3. The summed E-state index contributed by atoms with van der Waals surface area (Å²) in [6.45, 7) is 2.56. The molecule has 7 nitrogen and oxygen atoms in total. The molecule has 1 aromatic rings. The number of likely N-dealkylation sites (tertiary alicyclic amines) is 1. The van der Waals surface area contributed by atoms with Crippen molar-refractivity contribution in [3.05, 3.63) is 29.6 Å². The quantitative estimate of drug-likeness (QED) is 0.836. The van der Waals surface area contributed by atoms with Crippen LogP contribution in [0.2, 0.25) is 0 Å². The van der Waals surface area contributed by atoms with Gasteiger partial charge < -0.3 is 14.9 Å². The van der Waals surface area contributed by atoms with Gasteiger partial charge in [-0.3, -0.25) is 14.5 Å². The van der Waals surface area contributed by atoms with E-state index in [-0.39, 0.29) is 24.0 Å². The van der Waals surface area contributed by atoms with Crippen LogP contribution in [0.1, 0.15) is 35.4 Å². The Balaban J connectivity index is 1.80. The third kappa shape index (κ3) is 3.52. The molecule has 2 saturated heterocycles. The lowest BCUT2D eigenvalue weighted by atomic mass is 9.86. The van der Waals surface area contributed by atoms with Crippen LogP contribution in [-0.4, -0.2) is 82.4 Å². The highest BCUT2D eigenvalue weighted by Gasteiger charge is 2.43. The number of hydrogen-bond acceptors (Lipinski definition) is 5. The lowest BCUT2D eigenvalue weighted by Crippen LogP contribution is -2.62. The van der Waals surface area contributed by atoms with Crippen LogP contribution >= 0.6 is 0 Å². The van der Waals surface area contributed by atoms with E-state index >= 15 is 0 Å². The van der Waals surface area contributed by atoms with E-state index in [9.17, 15) is 14.7 Å². The third-order valence-electron chi connectivity index (χ3n) is 5.62. The normalized spacial score (nSPS) is 25.3. The first-order valence-electron chi connectivity index (χ1n) is 8.76. The SMILES string of the molecule is CN1CCC2(CCC1=O)CN(C(=O)c1cccc(CO)n1)CCN2C. The van der Waals surface area contributed by atoms with E-state index in [2.05, 4.69) is 16.9 Å². The van der Waals surface area contributed by atoms with Gasteiger partial charge in [0.2, 0.25) is 5.91 Å². The smallest absolute Gasteiger partial charge is 0.272 e. The lowest BCUT2D eigenvalue weighted by Gasteiger charge is -2.49. The predicted molar refractivity (Wildman–Crippen MR) is 92.9 cm³/mol. The van der Waals surface area contributed by atoms with E-state index < -0.39 is 0 Å². The maximum atomic E-state index is 12.9. The van der Waals surface area contributed by atoms with Gasteiger partial charge in [0.1, 0.15) is 5.69 Å². The Kier molecular flexibility index (Phi) is 5.06. The van der Waals surface area contributed by atoms with Gasteiger partial charge in [-0.05, 0) is 32.0 Å². The number of likely N-dealkylation sites (N-methyl/N-ethyl adjacent to an activating group) is 1. The first-order chi connectivity index (χ1) is 11.9. The van der Waals surface area contributed by atoms with Crippen molar-refractivity contribution in [1.29, 1.82) is 0 Å². The van der Waals surface area contributed by atoms with E-state index in [0.717, 1.165) is 19.4 Å². The van der Waals surface area contributed by atoms with Crippen LogP contribution in [0.5, 0.6) is 0 Å². The Bertz CT molecular complexity index is 665. The van der Waals surface area contributed by atoms with Crippen LogP contribution in [0.15, 0.2) is 18.2 Å². The van der Waals surface area contributed by atoms with Crippen LogP contribution in [0.3, 0.4) is 0 Å². The number of amides is 2. The number of nitrogens with zero attached hydrogens (tertiary/aromatic N) is 4. The molecule has 2 aliphatic rings. The molecule has 7 heteroatoms. The second kappa shape index (κ2) is 7.09. The molecule has 0 bridgehead atoms. The number of aliphatic hydroxyl groups is 1. The number of pyridine rings is 1. The minimum Gasteiger partial charge on any atom is -0.390 e. The van der Waals surface area contributed by atoms with Gasteiger partial charge in [0.25, 0.3) is 5.91 Å². The average Bonchev–Trinajstić information content (AvgIpc) is 2.78. The number of aromatic nitrogens is 1. The number of hydrogen-bond donors (Lipinski definition) is 1. The molecule has 25 heavy (non-hydrogen) atoms. The molecule has 1 unspecified atom stereocenters. The molecule has 2 amide bonds. The van der Waals surface area contributed by atoms with E-state index in [1.807, 2.05) is 11.9 Å². The number of aliphatic hydroxyl groups excluding tert-OH is 1. The van der Waals surface area contributed by atoms with Crippen LogP contribution in [0, 0.1) is 0 Å². The van der Waals surface area contributed by atoms with Crippen molar-refractivity contribution in [3.8, 4) is 0 Å². The van der Waals surface area contributed by atoms with Gasteiger partial charge in [-0.1, -0.05) is 6.07 Å². The summed E-state index contributed by atoms with van der Waals surface area (Å²) in [6.07, 6.45) is 2.14. The fraction of sp³-hybridized carbons (Fsp3) is 0.611. The molecule has 0 saturated carbocycles. The number of carbonyl (C=O) groups excluding carboxylic acids is 2. The molecule has 1 aromatic heterocycles. The number of carbonyl (C=O) groups is 2. The van der Waals surface area contributed by atoms with Crippen LogP contribution in [-0.2, 0) is 11.4 Å². The minimum absolute atomic E-state index is 0.105. The largest absolute Gasteiger partial charge is 0.390 e. The minimum atomic E-state index is -0.178. The highest BCUT2D eigenvalue weighted by molar-refractivity contribution is 5.92. The molecule has 1 spiro atoms. The van der Waals surface area contributed by atoms with Crippen molar-refractivity contribution in [2.24, 2.45) is 0 Å². The first kappa shape index (κ1) is 17.8. The van der Waals surface area contributed by atoms with Gasteiger partial charge in [0.05, 0.1) is 12.3 Å². The summed E-state index contributed by atoms with van der Waals surface area (Å²) in [4.78, 5) is 35.1. The zero-order valence-electron chi connectivity index (χ0n) is 14.9. The molecule has 0 aromatic carbocycles. The van der Waals surface area contributed by atoms with E-state index in [4.69, 9.17) is 0 Å². The van der Waals surface area contributed by atoms with E-state index in [1.54, 1.807) is 23.1 Å². The Morgan fingerprint density at radius 1 is 1.24 bits per heavy atom. The summed E-state index contributed by atoms with van der Waals surface area (Å²) in [5.74, 6) is 0.0674. The van der Waals surface area contributed by atoms with Crippen molar-refractivity contribution < 1.29 is 14.7 Å². The summed E-state index contributed by atoms with van der Waals surface area (Å²) >= 11 is 0. The third-order valence-corrected chi connectivity index (χ3v) is 5.62. The van der Waals surface area contributed by atoms with Crippen LogP contribution < -0.4 is 0 Å². The summed E-state index contributed by atoms with van der Waals surface area (Å²) in [7, 11) is 3.93. The van der Waals surface area contributed by atoms with Crippen molar-refractivity contribution in [2.45, 2.75) is 31.4 Å². The Hall–Kier alpha value is -1.99. The fourth-order valence-electron chi connectivity index (χ4n) is 3.78. The number of rotatable bonds is 2. The fourth-order valence-corrected chi connectivity index (χ4v) is 3.78. The number of piperazine rings is 1. The van der Waals surface area contributed by atoms with Crippen LogP contribution in [0.25, 0.3) is 0 Å². The van der Waals surface area contributed by atoms with Gasteiger partial charge in [-0.25, -0.2) is 4.98 Å². The van der Waals surface area contributed by atoms with Crippen molar-refractivity contribution in [2.75, 3.05) is 40.3 Å². The highest BCUT2D eigenvalue weighted by Crippen LogP contribution is 2.32. The van der Waals surface area contributed by atoms with Gasteiger partial charge in [-0.2, -0.15) is 0 Å².